The summed E-state index contributed by atoms with van der Waals surface area (Å²) in [6.07, 6.45) is -1.00. The van der Waals surface area contributed by atoms with Gasteiger partial charge >= 0.3 is 5.97 Å². The molecule has 0 unspecified atom stereocenters. The predicted octanol–water partition coefficient (Wildman–Crippen LogP) is 1.76. The fraction of sp³-hybridized carbons (Fsp3) is 0.455. The predicted molar refractivity (Wildman–Crippen MR) is 55.1 cm³/mol. The van der Waals surface area contributed by atoms with Gasteiger partial charge in [0.15, 0.2) is 0 Å². The van der Waals surface area contributed by atoms with Crippen LogP contribution < -0.4 is 0 Å². The number of carbonyl (C=O) groups excluding carboxylic acids is 1. The highest BCUT2D eigenvalue weighted by Gasteiger charge is 2.11. The first-order valence-corrected chi connectivity index (χ1v) is 4.83. The number of aliphatic hydroxyl groups excluding tert-OH is 1. The van der Waals surface area contributed by atoms with E-state index in [2.05, 4.69) is 4.98 Å². The Labute approximate surface area is 88.9 Å². The van der Waals surface area contributed by atoms with Crippen molar-refractivity contribution in [2.75, 3.05) is 0 Å². The van der Waals surface area contributed by atoms with Gasteiger partial charge in [0, 0.05) is 6.92 Å². The minimum atomic E-state index is -0.616. The monoisotopic (exact) mass is 209 g/mol. The van der Waals surface area contributed by atoms with Gasteiger partial charge in [-0.25, -0.2) is 0 Å². The standard InChI is InChI=1S/C11H15NO3/c1-7(13)10-5-4-6-11(12-10)8(2)15-9(3)14/h4-8,13H,1-3H3/t7-,8+/m1/s1. The SMILES string of the molecule is CC(=O)O[C@@H](C)c1cccc([C@@H](C)O)n1. The molecule has 4 nitrogen and oxygen atoms in total. The molecule has 0 saturated carbocycles. The first-order chi connectivity index (χ1) is 7.00. The van der Waals surface area contributed by atoms with Crippen LogP contribution in [-0.2, 0) is 9.53 Å². The fourth-order valence-electron chi connectivity index (χ4n) is 1.24. The topological polar surface area (TPSA) is 59.4 Å². The van der Waals surface area contributed by atoms with Gasteiger partial charge in [-0.1, -0.05) is 6.07 Å². The summed E-state index contributed by atoms with van der Waals surface area (Å²) in [6.45, 7) is 4.74. The van der Waals surface area contributed by atoms with Gasteiger partial charge in [0.25, 0.3) is 0 Å². The molecule has 0 aliphatic heterocycles. The second-order valence-electron chi connectivity index (χ2n) is 3.41. The number of rotatable bonds is 3. The van der Waals surface area contributed by atoms with Gasteiger partial charge in [-0.3, -0.25) is 9.78 Å². The van der Waals surface area contributed by atoms with Crippen LogP contribution in [0.1, 0.15) is 44.4 Å². The van der Waals surface area contributed by atoms with Crippen molar-refractivity contribution in [2.24, 2.45) is 0 Å². The number of carbonyl (C=O) groups is 1. The first kappa shape index (κ1) is 11.7. The molecule has 0 bridgehead atoms. The van der Waals surface area contributed by atoms with Crippen molar-refractivity contribution in [1.29, 1.82) is 0 Å². The lowest BCUT2D eigenvalue weighted by Gasteiger charge is -2.12. The molecule has 2 atom stereocenters. The number of aliphatic hydroxyl groups is 1. The molecule has 1 heterocycles. The highest BCUT2D eigenvalue weighted by molar-refractivity contribution is 5.66. The minimum absolute atomic E-state index is 0.341. The fourth-order valence-corrected chi connectivity index (χ4v) is 1.24. The Balaban J connectivity index is 2.85. The van der Waals surface area contributed by atoms with Gasteiger partial charge in [-0.2, -0.15) is 0 Å². The van der Waals surface area contributed by atoms with E-state index in [1.165, 1.54) is 6.92 Å². The second-order valence-corrected chi connectivity index (χ2v) is 3.41. The zero-order valence-electron chi connectivity index (χ0n) is 9.10. The summed E-state index contributed by atoms with van der Waals surface area (Å²) in [5, 5.41) is 9.34. The zero-order valence-corrected chi connectivity index (χ0v) is 9.10. The number of ether oxygens (including phenoxy) is 1. The van der Waals surface area contributed by atoms with Crippen LogP contribution in [0, 0.1) is 0 Å². The van der Waals surface area contributed by atoms with E-state index < -0.39 is 6.10 Å². The summed E-state index contributed by atoms with van der Waals surface area (Å²) >= 11 is 0. The Morgan fingerprint density at radius 3 is 2.53 bits per heavy atom. The molecule has 0 aromatic carbocycles. The van der Waals surface area contributed by atoms with Crippen LogP contribution in [-0.4, -0.2) is 16.1 Å². The molecule has 1 rings (SSSR count). The van der Waals surface area contributed by atoms with Crippen molar-refractivity contribution in [2.45, 2.75) is 33.0 Å². The lowest BCUT2D eigenvalue weighted by atomic mass is 10.2. The highest BCUT2D eigenvalue weighted by Crippen LogP contribution is 2.17. The molecule has 0 spiro atoms. The van der Waals surface area contributed by atoms with Crippen LogP contribution in [0.15, 0.2) is 18.2 Å². The number of pyridine rings is 1. The molecule has 0 amide bonds. The molecule has 0 fully saturated rings. The van der Waals surface area contributed by atoms with Crippen molar-refractivity contribution in [3.8, 4) is 0 Å². The Bertz CT molecular complexity index is 349. The maximum absolute atomic E-state index is 10.7. The Kier molecular flexibility index (Phi) is 3.80. The summed E-state index contributed by atoms with van der Waals surface area (Å²) in [4.78, 5) is 14.9. The molecule has 15 heavy (non-hydrogen) atoms. The van der Waals surface area contributed by atoms with Crippen LogP contribution in [0.5, 0.6) is 0 Å². The van der Waals surface area contributed by atoms with Gasteiger partial charge in [0.05, 0.1) is 17.5 Å². The molecule has 82 valence electrons. The van der Waals surface area contributed by atoms with E-state index in [0.717, 1.165) is 0 Å². The second kappa shape index (κ2) is 4.89. The number of aromatic nitrogens is 1. The van der Waals surface area contributed by atoms with Crippen molar-refractivity contribution in [1.82, 2.24) is 4.98 Å². The number of hydrogen-bond donors (Lipinski definition) is 1. The van der Waals surface area contributed by atoms with Crippen LogP contribution in [0.3, 0.4) is 0 Å². The average Bonchev–Trinajstić information content (AvgIpc) is 2.17. The van der Waals surface area contributed by atoms with E-state index in [4.69, 9.17) is 4.74 Å². The molecule has 1 aromatic heterocycles. The van der Waals surface area contributed by atoms with E-state index >= 15 is 0 Å². The van der Waals surface area contributed by atoms with Crippen LogP contribution >= 0.6 is 0 Å². The summed E-state index contributed by atoms with van der Waals surface area (Å²) in [5.74, 6) is -0.341. The number of nitrogens with zero attached hydrogens (tertiary/aromatic N) is 1. The van der Waals surface area contributed by atoms with E-state index in [-0.39, 0.29) is 12.1 Å². The summed E-state index contributed by atoms with van der Waals surface area (Å²) < 4.78 is 4.99. The molecule has 0 radical (unpaired) electrons. The van der Waals surface area contributed by atoms with Crippen molar-refractivity contribution >= 4 is 5.97 Å². The summed E-state index contributed by atoms with van der Waals surface area (Å²) in [6, 6.07) is 5.28. The highest BCUT2D eigenvalue weighted by atomic mass is 16.5. The molecular weight excluding hydrogens is 194 g/mol. The number of esters is 1. The van der Waals surface area contributed by atoms with E-state index in [0.29, 0.717) is 11.4 Å². The first-order valence-electron chi connectivity index (χ1n) is 4.83. The Morgan fingerprint density at radius 1 is 1.40 bits per heavy atom. The number of hydrogen-bond acceptors (Lipinski definition) is 4. The van der Waals surface area contributed by atoms with E-state index in [9.17, 15) is 9.90 Å². The van der Waals surface area contributed by atoms with E-state index in [1.807, 2.05) is 0 Å². The molecule has 0 aliphatic rings. The van der Waals surface area contributed by atoms with E-state index in [1.54, 1.807) is 32.0 Å². The molecule has 4 heteroatoms. The third kappa shape index (κ3) is 3.32. The summed E-state index contributed by atoms with van der Waals surface area (Å²) in [7, 11) is 0. The third-order valence-electron chi connectivity index (χ3n) is 1.98. The molecular formula is C11H15NO3. The van der Waals surface area contributed by atoms with Crippen molar-refractivity contribution in [3.05, 3.63) is 29.6 Å². The van der Waals surface area contributed by atoms with Crippen molar-refractivity contribution < 1.29 is 14.6 Å². The smallest absolute Gasteiger partial charge is 0.303 e. The summed E-state index contributed by atoms with van der Waals surface area (Å²) in [5.41, 5.74) is 1.22. The lowest BCUT2D eigenvalue weighted by molar-refractivity contribution is -0.146. The lowest BCUT2D eigenvalue weighted by Crippen LogP contribution is -2.08. The van der Waals surface area contributed by atoms with Gasteiger partial charge in [-0.05, 0) is 26.0 Å². The minimum Gasteiger partial charge on any atom is -0.456 e. The Hall–Kier alpha value is -1.42. The average molecular weight is 209 g/mol. The van der Waals surface area contributed by atoms with Crippen LogP contribution in [0.2, 0.25) is 0 Å². The molecule has 0 aliphatic carbocycles. The van der Waals surface area contributed by atoms with Gasteiger partial charge in [0.2, 0.25) is 0 Å². The van der Waals surface area contributed by atoms with Crippen LogP contribution in [0.4, 0.5) is 0 Å². The maximum atomic E-state index is 10.7. The quantitative estimate of drug-likeness (QED) is 0.770. The maximum Gasteiger partial charge on any atom is 0.303 e. The zero-order chi connectivity index (χ0) is 11.4. The normalized spacial score (nSPS) is 14.4. The van der Waals surface area contributed by atoms with Crippen LogP contribution in [0.25, 0.3) is 0 Å². The van der Waals surface area contributed by atoms with Gasteiger partial charge < -0.3 is 9.84 Å². The third-order valence-corrected chi connectivity index (χ3v) is 1.98. The molecule has 0 saturated heterocycles. The molecule has 1 aromatic rings. The largest absolute Gasteiger partial charge is 0.456 e. The Morgan fingerprint density at radius 2 is 2.00 bits per heavy atom. The van der Waals surface area contributed by atoms with Gasteiger partial charge in [0.1, 0.15) is 6.10 Å². The van der Waals surface area contributed by atoms with Gasteiger partial charge in [-0.15, -0.1) is 0 Å². The molecule has 1 N–H and O–H groups in total. The van der Waals surface area contributed by atoms with Crippen molar-refractivity contribution in [3.63, 3.8) is 0 Å².